The third-order valence-corrected chi connectivity index (χ3v) is 2.48. The van der Waals surface area contributed by atoms with Crippen molar-refractivity contribution in [1.82, 2.24) is 9.97 Å². The molecule has 0 amide bonds. The fourth-order valence-corrected chi connectivity index (χ4v) is 1.72. The number of hydrogen-bond acceptors (Lipinski definition) is 4. The molecule has 0 aliphatic rings. The van der Waals surface area contributed by atoms with Gasteiger partial charge in [-0.05, 0) is 23.8 Å². The Morgan fingerprint density at radius 1 is 1.18 bits per heavy atom. The molecule has 0 atom stereocenters. The number of nitrogens with zero attached hydrogens (tertiary/aromatic N) is 1. The van der Waals surface area contributed by atoms with Crippen LogP contribution in [0.2, 0.25) is 0 Å². The first-order chi connectivity index (χ1) is 8.22. The van der Waals surface area contributed by atoms with Gasteiger partial charge >= 0.3 is 5.76 Å². The molecule has 84 valence electrons. The molecule has 0 spiro atoms. The van der Waals surface area contributed by atoms with E-state index in [1.807, 2.05) is 0 Å². The van der Waals surface area contributed by atoms with Gasteiger partial charge < -0.3 is 9.52 Å². The zero-order chi connectivity index (χ0) is 11.8. The van der Waals surface area contributed by atoms with Gasteiger partial charge in [-0.2, -0.15) is 0 Å². The van der Waals surface area contributed by atoms with Gasteiger partial charge in [0.15, 0.2) is 5.58 Å². The van der Waals surface area contributed by atoms with E-state index < -0.39 is 5.76 Å². The van der Waals surface area contributed by atoms with Crippen LogP contribution < -0.4 is 5.76 Å². The van der Waals surface area contributed by atoms with Crippen LogP contribution in [0.15, 0.2) is 45.9 Å². The normalized spacial score (nSPS) is 10.8. The number of hydrogen-bond donors (Lipinski definition) is 2. The second-order valence-electron chi connectivity index (χ2n) is 3.66. The highest BCUT2D eigenvalue weighted by Gasteiger charge is 2.04. The van der Waals surface area contributed by atoms with Crippen LogP contribution in [0.4, 0.5) is 0 Å². The number of aromatic amines is 1. The number of oxazole rings is 1. The molecule has 1 aromatic carbocycles. The van der Waals surface area contributed by atoms with Crippen molar-refractivity contribution in [3.63, 3.8) is 0 Å². The maximum atomic E-state index is 11.0. The largest absolute Gasteiger partial charge is 0.506 e. The van der Waals surface area contributed by atoms with Gasteiger partial charge in [-0.1, -0.05) is 6.07 Å². The van der Waals surface area contributed by atoms with E-state index in [1.54, 1.807) is 30.5 Å². The molecule has 0 bridgehead atoms. The lowest BCUT2D eigenvalue weighted by atomic mass is 10.1. The second-order valence-corrected chi connectivity index (χ2v) is 3.66. The molecular formula is C12H8N2O3. The topological polar surface area (TPSA) is 79.1 Å². The van der Waals surface area contributed by atoms with Crippen LogP contribution in [0.25, 0.3) is 22.2 Å². The fourth-order valence-electron chi connectivity index (χ4n) is 1.72. The Morgan fingerprint density at radius 3 is 2.88 bits per heavy atom. The number of aromatic nitrogens is 2. The van der Waals surface area contributed by atoms with E-state index in [4.69, 9.17) is 4.42 Å². The Morgan fingerprint density at radius 2 is 2.06 bits per heavy atom. The maximum absolute atomic E-state index is 11.0. The van der Waals surface area contributed by atoms with Crippen LogP contribution in [0.5, 0.6) is 5.75 Å². The summed E-state index contributed by atoms with van der Waals surface area (Å²) in [4.78, 5) is 17.5. The minimum absolute atomic E-state index is 0.100. The molecule has 0 aliphatic heterocycles. The molecule has 2 N–H and O–H groups in total. The van der Waals surface area contributed by atoms with Crippen LogP contribution in [0.3, 0.4) is 0 Å². The number of rotatable bonds is 1. The molecule has 0 fully saturated rings. The molecule has 17 heavy (non-hydrogen) atoms. The van der Waals surface area contributed by atoms with Crippen molar-refractivity contribution in [2.45, 2.75) is 0 Å². The number of H-pyrrole nitrogens is 1. The Labute approximate surface area is 95.4 Å². The third-order valence-electron chi connectivity index (χ3n) is 2.48. The van der Waals surface area contributed by atoms with Crippen LogP contribution >= 0.6 is 0 Å². The number of nitrogens with one attached hydrogen (secondary N) is 1. The van der Waals surface area contributed by atoms with E-state index in [0.29, 0.717) is 11.1 Å². The molecule has 5 nitrogen and oxygen atoms in total. The lowest BCUT2D eigenvalue weighted by Gasteiger charge is -2.01. The SMILES string of the molecule is O=c1[nH]c2cc(-c3cncc(O)c3)ccc2o1. The predicted octanol–water partition coefficient (Wildman–Crippen LogP) is 1.89. The molecule has 3 aromatic rings. The first-order valence-corrected chi connectivity index (χ1v) is 5.00. The number of aromatic hydroxyl groups is 1. The third kappa shape index (κ3) is 1.67. The highest BCUT2D eigenvalue weighted by molar-refractivity contribution is 5.80. The standard InChI is InChI=1S/C12H8N2O3/c15-9-3-8(5-13-6-9)7-1-2-11-10(4-7)14-12(16)17-11/h1-6,15H,(H,14,16). The minimum atomic E-state index is -0.480. The summed E-state index contributed by atoms with van der Waals surface area (Å²) in [5.41, 5.74) is 2.75. The lowest BCUT2D eigenvalue weighted by molar-refractivity contribution is 0.473. The van der Waals surface area contributed by atoms with E-state index in [1.165, 1.54) is 6.20 Å². The van der Waals surface area contributed by atoms with E-state index >= 15 is 0 Å². The fraction of sp³-hybridized carbons (Fsp3) is 0. The predicted molar refractivity (Wildman–Crippen MR) is 61.7 cm³/mol. The molecule has 0 saturated heterocycles. The number of pyridine rings is 1. The zero-order valence-electron chi connectivity index (χ0n) is 8.68. The van der Waals surface area contributed by atoms with Crippen molar-refractivity contribution in [3.8, 4) is 16.9 Å². The summed E-state index contributed by atoms with van der Waals surface area (Å²) in [6, 6.07) is 6.88. The molecular weight excluding hydrogens is 220 g/mol. The Kier molecular flexibility index (Phi) is 1.98. The average molecular weight is 228 g/mol. The van der Waals surface area contributed by atoms with Gasteiger partial charge in [0.2, 0.25) is 0 Å². The quantitative estimate of drug-likeness (QED) is 0.666. The van der Waals surface area contributed by atoms with Crippen molar-refractivity contribution in [1.29, 1.82) is 0 Å². The van der Waals surface area contributed by atoms with Gasteiger partial charge in [-0.15, -0.1) is 0 Å². The van der Waals surface area contributed by atoms with Gasteiger partial charge in [-0.25, -0.2) is 4.79 Å². The molecule has 0 radical (unpaired) electrons. The zero-order valence-corrected chi connectivity index (χ0v) is 8.68. The Balaban J connectivity index is 2.20. The van der Waals surface area contributed by atoms with Crippen LogP contribution in [-0.2, 0) is 0 Å². The van der Waals surface area contributed by atoms with Crippen molar-refractivity contribution in [3.05, 3.63) is 47.2 Å². The van der Waals surface area contributed by atoms with Crippen LogP contribution in [-0.4, -0.2) is 15.1 Å². The van der Waals surface area contributed by atoms with Crippen molar-refractivity contribution >= 4 is 11.1 Å². The van der Waals surface area contributed by atoms with Gasteiger partial charge in [0.25, 0.3) is 0 Å². The highest BCUT2D eigenvalue weighted by Crippen LogP contribution is 2.24. The summed E-state index contributed by atoms with van der Waals surface area (Å²) in [5.74, 6) is -0.380. The average Bonchev–Trinajstić information content (AvgIpc) is 2.68. The van der Waals surface area contributed by atoms with Crippen LogP contribution in [0, 0.1) is 0 Å². The van der Waals surface area contributed by atoms with Crippen molar-refractivity contribution in [2.24, 2.45) is 0 Å². The molecule has 3 rings (SSSR count). The van der Waals surface area contributed by atoms with E-state index in [9.17, 15) is 9.90 Å². The van der Waals surface area contributed by atoms with Gasteiger partial charge in [-0.3, -0.25) is 9.97 Å². The number of fused-ring (bicyclic) bond motifs is 1. The molecule has 0 aliphatic carbocycles. The van der Waals surface area contributed by atoms with E-state index in [0.717, 1.165) is 11.1 Å². The summed E-state index contributed by atoms with van der Waals surface area (Å²) in [6.45, 7) is 0. The lowest BCUT2D eigenvalue weighted by Crippen LogP contribution is -1.92. The van der Waals surface area contributed by atoms with Gasteiger partial charge in [0.1, 0.15) is 5.75 Å². The van der Waals surface area contributed by atoms with E-state index in [2.05, 4.69) is 9.97 Å². The maximum Gasteiger partial charge on any atom is 0.417 e. The molecule has 0 unspecified atom stereocenters. The van der Waals surface area contributed by atoms with Crippen molar-refractivity contribution in [2.75, 3.05) is 0 Å². The van der Waals surface area contributed by atoms with Crippen LogP contribution in [0.1, 0.15) is 0 Å². The highest BCUT2D eigenvalue weighted by atomic mass is 16.4. The van der Waals surface area contributed by atoms with Gasteiger partial charge in [0, 0.05) is 11.8 Å². The molecule has 0 saturated carbocycles. The Hall–Kier alpha value is -2.56. The first kappa shape index (κ1) is 9.65. The first-order valence-electron chi connectivity index (χ1n) is 5.00. The molecule has 2 aromatic heterocycles. The summed E-state index contributed by atoms with van der Waals surface area (Å²) in [5, 5.41) is 9.35. The summed E-state index contributed by atoms with van der Waals surface area (Å²) in [6.07, 6.45) is 3.00. The van der Waals surface area contributed by atoms with Gasteiger partial charge in [0.05, 0.1) is 11.7 Å². The monoisotopic (exact) mass is 228 g/mol. The summed E-state index contributed by atoms with van der Waals surface area (Å²) >= 11 is 0. The smallest absolute Gasteiger partial charge is 0.417 e. The summed E-state index contributed by atoms with van der Waals surface area (Å²) in [7, 11) is 0. The number of benzene rings is 1. The summed E-state index contributed by atoms with van der Waals surface area (Å²) < 4.78 is 4.91. The molecule has 2 heterocycles. The second kappa shape index (κ2) is 3.48. The Bertz CT molecular complexity index is 743. The minimum Gasteiger partial charge on any atom is -0.506 e. The van der Waals surface area contributed by atoms with Crippen molar-refractivity contribution < 1.29 is 9.52 Å². The molecule has 5 heteroatoms. The van der Waals surface area contributed by atoms with E-state index in [-0.39, 0.29) is 5.75 Å².